The van der Waals surface area contributed by atoms with E-state index < -0.39 is 5.97 Å². The molecule has 0 aliphatic rings. The van der Waals surface area contributed by atoms with Crippen LogP contribution in [0.5, 0.6) is 0 Å². The fraction of sp³-hybridized carbons (Fsp3) is 0.429. The summed E-state index contributed by atoms with van der Waals surface area (Å²) in [4.78, 5) is 22.0. The van der Waals surface area contributed by atoms with Gasteiger partial charge in [-0.15, -0.1) is 0 Å². The van der Waals surface area contributed by atoms with Crippen molar-refractivity contribution in [1.29, 1.82) is 0 Å². The molecule has 4 nitrogen and oxygen atoms in total. The summed E-state index contributed by atoms with van der Waals surface area (Å²) in [6.45, 7) is 3.97. The molecule has 0 aliphatic carbocycles. The van der Waals surface area contributed by atoms with Crippen LogP contribution in [0, 0.1) is 13.8 Å². The molecular formula is C14H19NO3S. The number of amides is 1. The lowest BCUT2D eigenvalue weighted by molar-refractivity contribution is -0.137. The fourth-order valence-electron chi connectivity index (χ4n) is 1.63. The van der Waals surface area contributed by atoms with Crippen molar-refractivity contribution in [2.24, 2.45) is 0 Å². The quantitative estimate of drug-likeness (QED) is 0.754. The number of rotatable bonds is 7. The highest BCUT2D eigenvalue weighted by Gasteiger charge is 2.05. The molecule has 0 radical (unpaired) electrons. The van der Waals surface area contributed by atoms with Crippen molar-refractivity contribution in [2.45, 2.75) is 26.7 Å². The van der Waals surface area contributed by atoms with Gasteiger partial charge in [-0.2, -0.15) is 11.8 Å². The minimum Gasteiger partial charge on any atom is -0.481 e. The van der Waals surface area contributed by atoms with E-state index in [1.165, 1.54) is 17.3 Å². The van der Waals surface area contributed by atoms with Gasteiger partial charge in [-0.25, -0.2) is 0 Å². The summed E-state index contributed by atoms with van der Waals surface area (Å²) < 4.78 is 0. The monoisotopic (exact) mass is 281 g/mol. The van der Waals surface area contributed by atoms with Crippen molar-refractivity contribution < 1.29 is 14.7 Å². The van der Waals surface area contributed by atoms with Crippen LogP contribution in [-0.4, -0.2) is 28.5 Å². The second-order valence-electron chi connectivity index (χ2n) is 4.42. The van der Waals surface area contributed by atoms with Gasteiger partial charge >= 0.3 is 5.97 Å². The zero-order valence-electron chi connectivity index (χ0n) is 11.2. The van der Waals surface area contributed by atoms with Crippen LogP contribution in [0.1, 0.15) is 24.0 Å². The third-order valence-electron chi connectivity index (χ3n) is 2.57. The van der Waals surface area contributed by atoms with Crippen LogP contribution in [0.25, 0.3) is 0 Å². The average molecular weight is 281 g/mol. The van der Waals surface area contributed by atoms with E-state index in [1.54, 1.807) is 0 Å². The molecule has 1 amide bonds. The first kappa shape index (κ1) is 15.6. The number of aryl methyl sites for hydroxylation is 2. The number of benzene rings is 1. The Labute approximate surface area is 117 Å². The second-order valence-corrected chi connectivity index (χ2v) is 5.52. The maximum atomic E-state index is 11.7. The van der Waals surface area contributed by atoms with E-state index in [9.17, 15) is 9.59 Å². The lowest BCUT2D eigenvalue weighted by Crippen LogP contribution is -2.15. The Morgan fingerprint density at radius 1 is 1.32 bits per heavy atom. The minimum absolute atomic E-state index is 0.0488. The predicted molar refractivity (Wildman–Crippen MR) is 78.7 cm³/mol. The Morgan fingerprint density at radius 3 is 2.68 bits per heavy atom. The van der Waals surface area contributed by atoms with Crippen molar-refractivity contribution in [1.82, 2.24) is 0 Å². The molecule has 104 valence electrons. The molecule has 1 rings (SSSR count). The molecule has 0 heterocycles. The van der Waals surface area contributed by atoms with Gasteiger partial charge < -0.3 is 10.4 Å². The third kappa shape index (κ3) is 6.29. The summed E-state index contributed by atoms with van der Waals surface area (Å²) in [5.74, 6) is 0.201. The Bertz CT molecular complexity index is 460. The molecule has 0 aromatic heterocycles. The van der Waals surface area contributed by atoms with Crippen LogP contribution in [0.2, 0.25) is 0 Å². The molecule has 2 N–H and O–H groups in total. The summed E-state index contributed by atoms with van der Waals surface area (Å²) in [6.07, 6.45) is 0.753. The normalized spacial score (nSPS) is 10.2. The summed E-state index contributed by atoms with van der Waals surface area (Å²) in [7, 11) is 0. The van der Waals surface area contributed by atoms with Crippen LogP contribution in [-0.2, 0) is 9.59 Å². The zero-order chi connectivity index (χ0) is 14.3. The molecule has 19 heavy (non-hydrogen) atoms. The van der Waals surface area contributed by atoms with Crippen LogP contribution < -0.4 is 5.32 Å². The van der Waals surface area contributed by atoms with Gasteiger partial charge in [0.15, 0.2) is 0 Å². The predicted octanol–water partition coefficient (Wildman–Crippen LogP) is 2.84. The lowest BCUT2D eigenvalue weighted by Gasteiger charge is -2.08. The van der Waals surface area contributed by atoms with E-state index in [2.05, 4.69) is 5.32 Å². The summed E-state index contributed by atoms with van der Waals surface area (Å²) in [5, 5.41) is 11.3. The molecule has 0 saturated heterocycles. The third-order valence-corrected chi connectivity index (χ3v) is 3.61. The number of hydrogen-bond donors (Lipinski definition) is 2. The van der Waals surface area contributed by atoms with Gasteiger partial charge in [-0.1, -0.05) is 17.7 Å². The van der Waals surface area contributed by atoms with Crippen molar-refractivity contribution in [3.63, 3.8) is 0 Å². The van der Waals surface area contributed by atoms with E-state index in [-0.39, 0.29) is 12.3 Å². The fourth-order valence-corrected chi connectivity index (χ4v) is 2.38. The molecule has 1 aromatic rings. The Morgan fingerprint density at radius 2 is 2.05 bits per heavy atom. The number of nitrogens with one attached hydrogen (secondary N) is 1. The highest BCUT2D eigenvalue weighted by Crippen LogP contribution is 2.16. The number of aliphatic carboxylic acids is 1. The van der Waals surface area contributed by atoms with Crippen molar-refractivity contribution >= 4 is 29.3 Å². The Hall–Kier alpha value is -1.49. The van der Waals surface area contributed by atoms with Crippen LogP contribution in [0.4, 0.5) is 5.69 Å². The molecule has 1 aromatic carbocycles. The molecule has 5 heteroatoms. The van der Waals surface area contributed by atoms with Gasteiger partial charge in [0.2, 0.25) is 5.91 Å². The molecule has 0 unspecified atom stereocenters. The van der Waals surface area contributed by atoms with Crippen LogP contribution >= 0.6 is 11.8 Å². The lowest BCUT2D eigenvalue weighted by atomic mass is 10.1. The number of carboxylic acid groups (broad SMARTS) is 1. The number of anilines is 1. The van der Waals surface area contributed by atoms with Gasteiger partial charge in [-0.05, 0) is 37.7 Å². The number of hydrogen-bond acceptors (Lipinski definition) is 3. The number of thioether (sulfide) groups is 1. The molecular weight excluding hydrogens is 262 g/mol. The van der Waals surface area contributed by atoms with Crippen molar-refractivity contribution in [2.75, 3.05) is 16.8 Å². The van der Waals surface area contributed by atoms with Crippen molar-refractivity contribution in [3.8, 4) is 0 Å². The molecule has 0 saturated carbocycles. The summed E-state index contributed by atoms with van der Waals surface area (Å²) in [5.41, 5.74) is 3.05. The maximum absolute atomic E-state index is 11.7. The highest BCUT2D eigenvalue weighted by molar-refractivity contribution is 7.99. The standard InChI is InChI=1S/C14H19NO3S/c1-10-5-6-12(11(2)8-10)15-13(16)9-19-7-3-4-14(17)18/h5-6,8H,3-4,7,9H2,1-2H3,(H,15,16)(H,17,18). The van der Waals surface area contributed by atoms with Gasteiger partial charge in [0.25, 0.3) is 0 Å². The van der Waals surface area contributed by atoms with Crippen LogP contribution in [0.3, 0.4) is 0 Å². The zero-order valence-corrected chi connectivity index (χ0v) is 12.0. The summed E-state index contributed by atoms with van der Waals surface area (Å²) >= 11 is 1.46. The topological polar surface area (TPSA) is 66.4 Å². The average Bonchev–Trinajstić information content (AvgIpc) is 2.32. The molecule has 0 bridgehead atoms. The number of carbonyl (C=O) groups is 2. The van der Waals surface area contributed by atoms with Crippen molar-refractivity contribution in [3.05, 3.63) is 29.3 Å². The van der Waals surface area contributed by atoms with E-state index in [0.29, 0.717) is 17.9 Å². The SMILES string of the molecule is Cc1ccc(NC(=O)CSCCCC(=O)O)c(C)c1. The van der Waals surface area contributed by atoms with E-state index >= 15 is 0 Å². The molecule has 0 aliphatic heterocycles. The van der Waals surface area contributed by atoms with Gasteiger partial charge in [-0.3, -0.25) is 9.59 Å². The van der Waals surface area contributed by atoms with Gasteiger partial charge in [0.1, 0.15) is 0 Å². The molecule has 0 fully saturated rings. The van der Waals surface area contributed by atoms with Crippen LogP contribution in [0.15, 0.2) is 18.2 Å². The minimum atomic E-state index is -0.791. The largest absolute Gasteiger partial charge is 0.481 e. The number of carbonyl (C=O) groups excluding carboxylic acids is 1. The first-order valence-corrected chi connectivity index (χ1v) is 7.31. The highest BCUT2D eigenvalue weighted by atomic mass is 32.2. The van der Waals surface area contributed by atoms with E-state index in [4.69, 9.17) is 5.11 Å². The number of carboxylic acids is 1. The summed E-state index contributed by atoms with van der Waals surface area (Å²) in [6, 6.07) is 5.88. The Balaban J connectivity index is 2.29. The molecule has 0 spiro atoms. The first-order chi connectivity index (χ1) is 8.99. The Kier molecular flexibility index (Phi) is 6.42. The smallest absolute Gasteiger partial charge is 0.303 e. The van der Waals surface area contributed by atoms with Gasteiger partial charge in [0, 0.05) is 12.1 Å². The first-order valence-electron chi connectivity index (χ1n) is 6.15. The second kappa shape index (κ2) is 7.84. The van der Waals surface area contributed by atoms with E-state index in [1.807, 2.05) is 32.0 Å². The van der Waals surface area contributed by atoms with E-state index in [0.717, 1.165) is 11.3 Å². The molecule has 0 atom stereocenters. The maximum Gasteiger partial charge on any atom is 0.303 e. The van der Waals surface area contributed by atoms with Gasteiger partial charge in [0.05, 0.1) is 5.75 Å².